The van der Waals surface area contributed by atoms with Crippen LogP contribution in [0.2, 0.25) is 0 Å². The van der Waals surface area contributed by atoms with Crippen molar-refractivity contribution < 1.29 is 8.42 Å². The molecule has 2 unspecified atom stereocenters. The van der Waals surface area contributed by atoms with E-state index in [1.807, 2.05) is 13.8 Å². The molecule has 0 radical (unpaired) electrons. The van der Waals surface area contributed by atoms with Crippen molar-refractivity contribution in [3.63, 3.8) is 0 Å². The van der Waals surface area contributed by atoms with Gasteiger partial charge in [-0.2, -0.15) is 12.7 Å². The summed E-state index contributed by atoms with van der Waals surface area (Å²) in [6.45, 7) is 7.87. The summed E-state index contributed by atoms with van der Waals surface area (Å²) in [5.41, 5.74) is 0. The maximum atomic E-state index is 12.1. The molecule has 1 saturated heterocycles. The Balaban J connectivity index is 2.78. The topological polar surface area (TPSA) is 61.4 Å². The van der Waals surface area contributed by atoms with Gasteiger partial charge in [-0.15, -0.1) is 0 Å². The Morgan fingerprint density at radius 3 is 2.59 bits per heavy atom. The van der Waals surface area contributed by atoms with E-state index in [9.17, 15) is 8.42 Å². The fourth-order valence-corrected chi connectivity index (χ4v) is 4.00. The molecular formula is C11H25N3O2S. The monoisotopic (exact) mass is 263 g/mol. The summed E-state index contributed by atoms with van der Waals surface area (Å²) < 4.78 is 28.4. The van der Waals surface area contributed by atoms with Crippen LogP contribution in [0.5, 0.6) is 0 Å². The fourth-order valence-electron chi connectivity index (χ4n) is 2.45. The molecule has 1 heterocycles. The molecule has 0 bridgehead atoms. The highest BCUT2D eigenvalue weighted by atomic mass is 32.2. The van der Waals surface area contributed by atoms with Crippen LogP contribution in [0.25, 0.3) is 0 Å². The van der Waals surface area contributed by atoms with Crippen LogP contribution < -0.4 is 10.0 Å². The summed E-state index contributed by atoms with van der Waals surface area (Å²) >= 11 is 0. The van der Waals surface area contributed by atoms with Gasteiger partial charge in [0.25, 0.3) is 10.2 Å². The lowest BCUT2D eigenvalue weighted by Gasteiger charge is -2.38. The zero-order valence-electron chi connectivity index (χ0n) is 11.1. The van der Waals surface area contributed by atoms with Crippen molar-refractivity contribution in [2.24, 2.45) is 0 Å². The molecule has 1 fully saturated rings. The Morgan fingerprint density at radius 1 is 1.29 bits per heavy atom. The van der Waals surface area contributed by atoms with E-state index in [-0.39, 0.29) is 12.1 Å². The molecule has 0 aliphatic carbocycles. The van der Waals surface area contributed by atoms with Gasteiger partial charge in [-0.1, -0.05) is 20.3 Å². The van der Waals surface area contributed by atoms with Crippen LogP contribution in [0.3, 0.4) is 0 Å². The third-order valence-corrected chi connectivity index (χ3v) is 4.96. The van der Waals surface area contributed by atoms with Crippen molar-refractivity contribution in [1.82, 2.24) is 14.3 Å². The van der Waals surface area contributed by atoms with Gasteiger partial charge in [0.05, 0.1) is 0 Å². The number of hydrogen-bond acceptors (Lipinski definition) is 3. The highest BCUT2D eigenvalue weighted by Gasteiger charge is 2.34. The standard InChI is InChI=1S/C11H25N3O2S/c1-4-12-10(3)11-8-6-7-9-14(11)17(15,16)13-5-2/h10-13H,4-9H2,1-3H3. The molecule has 2 atom stereocenters. The van der Waals surface area contributed by atoms with E-state index in [2.05, 4.69) is 17.0 Å². The summed E-state index contributed by atoms with van der Waals surface area (Å²) in [7, 11) is -3.30. The second-order valence-corrected chi connectivity index (χ2v) is 6.23. The lowest BCUT2D eigenvalue weighted by molar-refractivity contribution is 0.208. The predicted octanol–water partition coefficient (Wildman–Crippen LogP) is 0.693. The number of likely N-dealkylation sites (N-methyl/N-ethyl adjacent to an activating group) is 1. The van der Waals surface area contributed by atoms with E-state index in [1.165, 1.54) is 0 Å². The molecule has 0 aromatic carbocycles. The van der Waals surface area contributed by atoms with Crippen LogP contribution in [-0.2, 0) is 10.2 Å². The number of nitrogens with zero attached hydrogens (tertiary/aromatic N) is 1. The number of piperidine rings is 1. The molecule has 102 valence electrons. The van der Waals surface area contributed by atoms with E-state index >= 15 is 0 Å². The molecule has 1 aliphatic rings. The van der Waals surface area contributed by atoms with Gasteiger partial charge in [-0.3, -0.25) is 0 Å². The zero-order valence-corrected chi connectivity index (χ0v) is 11.9. The SMILES string of the molecule is CCNC(C)C1CCCCN1S(=O)(=O)NCC. The van der Waals surface area contributed by atoms with Crippen molar-refractivity contribution in [1.29, 1.82) is 0 Å². The van der Waals surface area contributed by atoms with E-state index in [4.69, 9.17) is 0 Å². The smallest absolute Gasteiger partial charge is 0.279 e. The van der Waals surface area contributed by atoms with Crippen molar-refractivity contribution in [3.8, 4) is 0 Å². The Morgan fingerprint density at radius 2 is 2.00 bits per heavy atom. The lowest BCUT2D eigenvalue weighted by atomic mass is 9.99. The van der Waals surface area contributed by atoms with Crippen LogP contribution in [0.1, 0.15) is 40.0 Å². The highest BCUT2D eigenvalue weighted by molar-refractivity contribution is 7.87. The van der Waals surface area contributed by atoms with Crippen LogP contribution >= 0.6 is 0 Å². The second kappa shape index (κ2) is 6.68. The minimum Gasteiger partial charge on any atom is -0.313 e. The van der Waals surface area contributed by atoms with E-state index in [0.29, 0.717) is 13.1 Å². The van der Waals surface area contributed by atoms with Gasteiger partial charge < -0.3 is 5.32 Å². The van der Waals surface area contributed by atoms with Crippen molar-refractivity contribution in [2.75, 3.05) is 19.6 Å². The second-order valence-electron chi connectivity index (χ2n) is 4.52. The molecule has 17 heavy (non-hydrogen) atoms. The molecule has 0 aromatic heterocycles. The van der Waals surface area contributed by atoms with Crippen LogP contribution in [0.4, 0.5) is 0 Å². The molecule has 6 heteroatoms. The number of rotatable bonds is 6. The van der Waals surface area contributed by atoms with Crippen molar-refractivity contribution >= 4 is 10.2 Å². The largest absolute Gasteiger partial charge is 0.313 e. The number of nitrogens with one attached hydrogen (secondary N) is 2. The molecule has 0 spiro atoms. The summed E-state index contributed by atoms with van der Waals surface area (Å²) in [6, 6.07) is 0.279. The summed E-state index contributed by atoms with van der Waals surface area (Å²) in [4.78, 5) is 0. The Labute approximate surface area is 105 Å². The Kier molecular flexibility index (Phi) is 5.85. The molecule has 0 amide bonds. The third-order valence-electron chi connectivity index (χ3n) is 3.24. The first-order chi connectivity index (χ1) is 8.03. The summed E-state index contributed by atoms with van der Waals surface area (Å²) in [5, 5.41) is 3.33. The molecule has 0 saturated carbocycles. The van der Waals surface area contributed by atoms with Gasteiger partial charge >= 0.3 is 0 Å². The first-order valence-corrected chi connectivity index (χ1v) is 7.96. The third kappa shape index (κ3) is 3.91. The first kappa shape index (κ1) is 14.9. The Bertz CT molecular complexity index is 319. The zero-order chi connectivity index (χ0) is 12.9. The molecule has 1 rings (SSSR count). The van der Waals surface area contributed by atoms with Gasteiger partial charge in [-0.05, 0) is 26.3 Å². The normalized spacial score (nSPS) is 24.8. The van der Waals surface area contributed by atoms with E-state index in [1.54, 1.807) is 4.31 Å². The van der Waals surface area contributed by atoms with Gasteiger partial charge in [0.15, 0.2) is 0 Å². The summed E-state index contributed by atoms with van der Waals surface area (Å²) in [5.74, 6) is 0. The van der Waals surface area contributed by atoms with Gasteiger partial charge in [0.1, 0.15) is 0 Å². The maximum absolute atomic E-state index is 12.1. The Hall–Kier alpha value is -0.170. The molecule has 2 N–H and O–H groups in total. The molecule has 5 nitrogen and oxygen atoms in total. The van der Waals surface area contributed by atoms with Gasteiger partial charge in [-0.25, -0.2) is 4.72 Å². The summed E-state index contributed by atoms with van der Waals surface area (Å²) in [6.07, 6.45) is 3.01. The van der Waals surface area contributed by atoms with Gasteiger partial charge in [0.2, 0.25) is 0 Å². The van der Waals surface area contributed by atoms with Crippen molar-refractivity contribution in [3.05, 3.63) is 0 Å². The van der Waals surface area contributed by atoms with Crippen molar-refractivity contribution in [2.45, 2.75) is 52.1 Å². The maximum Gasteiger partial charge on any atom is 0.279 e. The minimum atomic E-state index is -3.30. The lowest BCUT2D eigenvalue weighted by Crippen LogP contribution is -2.55. The first-order valence-electron chi connectivity index (χ1n) is 6.52. The van der Waals surface area contributed by atoms with Gasteiger partial charge in [0, 0.05) is 25.2 Å². The van der Waals surface area contributed by atoms with Crippen LogP contribution in [-0.4, -0.2) is 44.4 Å². The fraction of sp³-hybridized carbons (Fsp3) is 1.00. The average Bonchev–Trinajstić information content (AvgIpc) is 2.29. The number of hydrogen-bond donors (Lipinski definition) is 2. The minimum absolute atomic E-state index is 0.0766. The predicted molar refractivity (Wildman–Crippen MR) is 70.1 cm³/mol. The van der Waals surface area contributed by atoms with E-state index in [0.717, 1.165) is 25.8 Å². The average molecular weight is 263 g/mol. The molecule has 1 aliphatic heterocycles. The van der Waals surface area contributed by atoms with E-state index < -0.39 is 10.2 Å². The molecule has 0 aromatic rings. The quantitative estimate of drug-likeness (QED) is 0.741. The highest BCUT2D eigenvalue weighted by Crippen LogP contribution is 2.22. The molecular weight excluding hydrogens is 238 g/mol. The van der Waals surface area contributed by atoms with Crippen LogP contribution in [0.15, 0.2) is 0 Å². The van der Waals surface area contributed by atoms with Crippen LogP contribution in [0, 0.1) is 0 Å².